The lowest BCUT2D eigenvalue weighted by Crippen LogP contribution is -2.26. The Kier molecular flexibility index (Phi) is 2.99. The van der Waals surface area contributed by atoms with E-state index in [0.717, 1.165) is 12.0 Å². The van der Waals surface area contributed by atoms with Crippen LogP contribution in [0, 0.1) is 17.8 Å². The molecule has 21 heavy (non-hydrogen) atoms. The van der Waals surface area contributed by atoms with E-state index in [2.05, 4.69) is 36.4 Å². The zero-order chi connectivity index (χ0) is 14.2. The number of carbonyl (C=O) groups is 1. The lowest BCUT2D eigenvalue weighted by molar-refractivity contribution is 0.0887. The molecule has 0 N–H and O–H groups in total. The summed E-state index contributed by atoms with van der Waals surface area (Å²) in [6.07, 6.45) is 5.70. The van der Waals surface area contributed by atoms with Crippen molar-refractivity contribution < 1.29 is 4.79 Å². The van der Waals surface area contributed by atoms with Gasteiger partial charge in [0.1, 0.15) is 0 Å². The van der Waals surface area contributed by atoms with Gasteiger partial charge in [-0.2, -0.15) is 0 Å². The van der Waals surface area contributed by atoms with Crippen LogP contribution in [0.4, 0.5) is 0 Å². The molecule has 0 amide bonds. The fourth-order valence-electron chi connectivity index (χ4n) is 4.10. The van der Waals surface area contributed by atoms with Crippen molar-refractivity contribution >= 4 is 5.78 Å². The minimum atomic E-state index is 0.102. The summed E-state index contributed by atoms with van der Waals surface area (Å²) in [5.41, 5.74) is 2.16. The second kappa shape index (κ2) is 5.00. The quantitative estimate of drug-likeness (QED) is 0.596. The van der Waals surface area contributed by atoms with E-state index < -0.39 is 0 Å². The second-order valence-corrected chi connectivity index (χ2v) is 6.14. The van der Waals surface area contributed by atoms with Crippen molar-refractivity contribution in [3.05, 3.63) is 83.9 Å². The van der Waals surface area contributed by atoms with Gasteiger partial charge in [0, 0.05) is 17.4 Å². The van der Waals surface area contributed by atoms with Crippen molar-refractivity contribution in [1.82, 2.24) is 0 Å². The lowest BCUT2D eigenvalue weighted by Gasteiger charge is -2.27. The van der Waals surface area contributed by atoms with Crippen LogP contribution in [0.5, 0.6) is 0 Å². The Labute approximate surface area is 125 Å². The zero-order valence-corrected chi connectivity index (χ0v) is 11.9. The van der Waals surface area contributed by atoms with Crippen molar-refractivity contribution in [3.8, 4) is 0 Å². The first-order chi connectivity index (χ1) is 10.3. The van der Waals surface area contributed by atoms with Crippen molar-refractivity contribution in [1.29, 1.82) is 0 Å². The fraction of sp³-hybridized carbons (Fsp3) is 0.250. The van der Waals surface area contributed by atoms with Crippen LogP contribution in [0.3, 0.4) is 0 Å². The smallest absolute Gasteiger partial charge is 0.167 e. The minimum Gasteiger partial charge on any atom is -0.294 e. The number of hydrogen-bond acceptors (Lipinski definition) is 1. The third-order valence-electron chi connectivity index (χ3n) is 5.00. The van der Waals surface area contributed by atoms with Gasteiger partial charge < -0.3 is 0 Å². The summed E-state index contributed by atoms with van der Waals surface area (Å²) in [5.74, 6) is 1.68. The molecule has 1 fully saturated rings. The summed E-state index contributed by atoms with van der Waals surface area (Å²) < 4.78 is 0. The van der Waals surface area contributed by atoms with E-state index >= 15 is 0 Å². The number of Topliss-reactive ketones (excluding diaryl/α,β-unsaturated/α-hetero) is 1. The van der Waals surface area contributed by atoms with Crippen LogP contribution in [0.1, 0.15) is 28.3 Å². The lowest BCUT2D eigenvalue weighted by atomic mass is 9.75. The summed E-state index contributed by atoms with van der Waals surface area (Å²) in [6.45, 7) is 0. The van der Waals surface area contributed by atoms with E-state index in [-0.39, 0.29) is 5.92 Å². The highest BCUT2D eigenvalue weighted by Gasteiger charge is 2.48. The van der Waals surface area contributed by atoms with Gasteiger partial charge in [0.2, 0.25) is 0 Å². The molecule has 2 aliphatic rings. The van der Waals surface area contributed by atoms with E-state index in [9.17, 15) is 4.79 Å². The maximum atomic E-state index is 13.0. The van der Waals surface area contributed by atoms with Gasteiger partial charge in [0.25, 0.3) is 0 Å². The number of allylic oxidation sites excluding steroid dienone is 2. The molecule has 0 radical (unpaired) electrons. The van der Waals surface area contributed by atoms with Crippen LogP contribution in [0.15, 0.2) is 72.8 Å². The van der Waals surface area contributed by atoms with Crippen LogP contribution < -0.4 is 0 Å². The second-order valence-electron chi connectivity index (χ2n) is 6.14. The summed E-state index contributed by atoms with van der Waals surface area (Å²) in [6, 6.07) is 20.3. The Morgan fingerprint density at radius 3 is 2.14 bits per heavy atom. The van der Waals surface area contributed by atoms with E-state index in [1.54, 1.807) is 0 Å². The number of fused-ring (bicyclic) bond motifs is 2. The zero-order valence-electron chi connectivity index (χ0n) is 11.9. The van der Waals surface area contributed by atoms with Crippen molar-refractivity contribution in [2.75, 3.05) is 0 Å². The molecular weight excluding hydrogens is 256 g/mol. The highest BCUT2D eigenvalue weighted by molar-refractivity contribution is 5.99. The highest BCUT2D eigenvalue weighted by Crippen LogP contribution is 2.53. The maximum absolute atomic E-state index is 13.0. The summed E-state index contributed by atoms with van der Waals surface area (Å²) in [5, 5.41) is 0. The topological polar surface area (TPSA) is 17.1 Å². The first kappa shape index (κ1) is 12.6. The molecule has 0 heterocycles. The number of carbonyl (C=O) groups excluding carboxylic acids is 1. The van der Waals surface area contributed by atoms with E-state index in [1.807, 2.05) is 36.4 Å². The van der Waals surface area contributed by atoms with Crippen molar-refractivity contribution in [2.45, 2.75) is 12.3 Å². The Balaban J connectivity index is 1.73. The monoisotopic (exact) mass is 274 g/mol. The molecule has 2 aromatic rings. The standard InChI is InChI=1S/C20H18O/c21-20(15-9-5-2-6-10-15)19-17-12-11-16(13-17)18(19)14-7-3-1-4-8-14/h1-12,16-19H,13H2/t16-,17-,18+,19-/m0/s1. The fourth-order valence-corrected chi connectivity index (χ4v) is 4.10. The first-order valence-corrected chi connectivity index (χ1v) is 7.67. The molecule has 0 saturated heterocycles. The molecule has 1 heteroatoms. The van der Waals surface area contributed by atoms with Gasteiger partial charge in [-0.05, 0) is 23.8 Å². The molecule has 1 saturated carbocycles. The largest absolute Gasteiger partial charge is 0.294 e. The highest BCUT2D eigenvalue weighted by atomic mass is 16.1. The van der Waals surface area contributed by atoms with Crippen LogP contribution >= 0.6 is 0 Å². The summed E-state index contributed by atoms with van der Waals surface area (Å²) >= 11 is 0. The molecule has 2 aromatic carbocycles. The molecule has 0 unspecified atom stereocenters. The van der Waals surface area contributed by atoms with Gasteiger partial charge in [0.15, 0.2) is 5.78 Å². The van der Waals surface area contributed by atoms with E-state index in [4.69, 9.17) is 0 Å². The molecule has 0 aromatic heterocycles. The molecule has 2 bridgehead atoms. The van der Waals surface area contributed by atoms with Gasteiger partial charge in [-0.3, -0.25) is 4.79 Å². The summed E-state index contributed by atoms with van der Waals surface area (Å²) in [7, 11) is 0. The van der Waals surface area contributed by atoms with Crippen LogP contribution in [0.25, 0.3) is 0 Å². The van der Waals surface area contributed by atoms with Gasteiger partial charge >= 0.3 is 0 Å². The SMILES string of the molecule is O=C(c1ccccc1)[C@@H]1[C@H](c2ccccc2)[C@H]2C=C[C@H]1C2. The number of ketones is 1. The third-order valence-corrected chi connectivity index (χ3v) is 5.00. The van der Waals surface area contributed by atoms with Gasteiger partial charge in [-0.1, -0.05) is 72.8 Å². The molecule has 4 rings (SSSR count). The number of benzene rings is 2. The average Bonchev–Trinajstić information content (AvgIpc) is 3.17. The molecule has 1 nitrogen and oxygen atoms in total. The molecule has 104 valence electrons. The van der Waals surface area contributed by atoms with Crippen LogP contribution in [-0.2, 0) is 0 Å². The predicted molar refractivity (Wildman–Crippen MR) is 84.2 cm³/mol. The van der Waals surface area contributed by atoms with Crippen molar-refractivity contribution in [3.63, 3.8) is 0 Å². The van der Waals surface area contributed by atoms with Gasteiger partial charge in [-0.15, -0.1) is 0 Å². The molecule has 0 spiro atoms. The molecule has 2 aliphatic carbocycles. The normalized spacial score (nSPS) is 29.7. The average molecular weight is 274 g/mol. The Bertz CT molecular complexity index is 671. The van der Waals surface area contributed by atoms with Gasteiger partial charge in [0.05, 0.1) is 0 Å². The Morgan fingerprint density at radius 1 is 0.810 bits per heavy atom. The van der Waals surface area contributed by atoms with Crippen molar-refractivity contribution in [2.24, 2.45) is 17.8 Å². The third kappa shape index (κ3) is 2.04. The first-order valence-electron chi connectivity index (χ1n) is 7.67. The minimum absolute atomic E-state index is 0.102. The van der Waals surface area contributed by atoms with E-state index in [1.165, 1.54) is 5.56 Å². The Morgan fingerprint density at radius 2 is 1.43 bits per heavy atom. The number of rotatable bonds is 3. The maximum Gasteiger partial charge on any atom is 0.167 e. The summed E-state index contributed by atoms with van der Waals surface area (Å²) in [4.78, 5) is 13.0. The molecule has 0 aliphatic heterocycles. The van der Waals surface area contributed by atoms with Gasteiger partial charge in [-0.25, -0.2) is 0 Å². The van der Waals surface area contributed by atoms with E-state index in [0.29, 0.717) is 23.5 Å². The predicted octanol–water partition coefficient (Wildman–Crippen LogP) is 4.48. The molecule has 4 atom stereocenters. The Hall–Kier alpha value is -2.15. The van der Waals surface area contributed by atoms with Crippen LogP contribution in [-0.4, -0.2) is 5.78 Å². The van der Waals surface area contributed by atoms with Crippen LogP contribution in [0.2, 0.25) is 0 Å². The molecular formula is C20H18O. The number of hydrogen-bond donors (Lipinski definition) is 0.